The first-order valence-electron chi connectivity index (χ1n) is 9.90. The van der Waals surface area contributed by atoms with Gasteiger partial charge in [0.05, 0.1) is 12.0 Å². The number of amides is 2. The van der Waals surface area contributed by atoms with Crippen molar-refractivity contribution in [2.24, 2.45) is 0 Å². The Hall–Kier alpha value is -1.88. The van der Waals surface area contributed by atoms with Crippen LogP contribution in [-0.2, 0) is 15.0 Å². The molecule has 0 aromatic heterocycles. The Kier molecular flexibility index (Phi) is 5.97. The molecule has 0 radical (unpaired) electrons. The van der Waals surface area contributed by atoms with Crippen LogP contribution in [0.2, 0.25) is 0 Å². The number of nitrogens with one attached hydrogen (secondary N) is 2. The zero-order valence-corrected chi connectivity index (χ0v) is 16.0. The van der Waals surface area contributed by atoms with Crippen molar-refractivity contribution in [2.45, 2.75) is 57.4 Å². The van der Waals surface area contributed by atoms with Gasteiger partial charge in [-0.2, -0.15) is 0 Å². The Morgan fingerprint density at radius 1 is 1.23 bits per heavy atom. The molecule has 0 unspecified atom stereocenters. The zero-order chi connectivity index (χ0) is 18.6. The van der Waals surface area contributed by atoms with Crippen molar-refractivity contribution in [1.29, 1.82) is 0 Å². The van der Waals surface area contributed by atoms with E-state index in [1.165, 1.54) is 5.56 Å². The van der Waals surface area contributed by atoms with Crippen LogP contribution in [-0.4, -0.2) is 48.9 Å². The molecule has 5 heteroatoms. The lowest BCUT2D eigenvalue weighted by molar-refractivity contribution is -0.125. The van der Waals surface area contributed by atoms with Gasteiger partial charge in [-0.3, -0.25) is 14.5 Å². The molecule has 2 N–H and O–H groups in total. The van der Waals surface area contributed by atoms with Gasteiger partial charge < -0.3 is 10.6 Å². The van der Waals surface area contributed by atoms with Crippen LogP contribution < -0.4 is 10.6 Å². The van der Waals surface area contributed by atoms with Crippen LogP contribution in [0.25, 0.3) is 0 Å². The van der Waals surface area contributed by atoms with Gasteiger partial charge in [0.2, 0.25) is 11.8 Å². The van der Waals surface area contributed by atoms with Crippen LogP contribution in [0, 0.1) is 6.92 Å². The zero-order valence-electron chi connectivity index (χ0n) is 16.0. The lowest BCUT2D eigenvalue weighted by Gasteiger charge is -2.32. The monoisotopic (exact) mass is 357 g/mol. The van der Waals surface area contributed by atoms with Gasteiger partial charge in [0.1, 0.15) is 0 Å². The SMILES string of the molecule is CCCNC(=O)CN1CCC(NC(=O)C2(c3cccc(C)c3)CC2)CC1. The molecule has 1 aliphatic carbocycles. The fourth-order valence-corrected chi connectivity index (χ4v) is 3.80. The summed E-state index contributed by atoms with van der Waals surface area (Å²) in [5.41, 5.74) is 2.06. The summed E-state index contributed by atoms with van der Waals surface area (Å²) in [6.45, 7) is 7.06. The van der Waals surface area contributed by atoms with Crippen LogP contribution in [0.5, 0.6) is 0 Å². The normalized spacial score (nSPS) is 19.8. The van der Waals surface area contributed by atoms with Crippen LogP contribution >= 0.6 is 0 Å². The van der Waals surface area contributed by atoms with Crippen molar-refractivity contribution in [3.05, 3.63) is 35.4 Å². The number of rotatable bonds is 7. The molecule has 142 valence electrons. The lowest BCUT2D eigenvalue weighted by atomic mass is 9.92. The van der Waals surface area contributed by atoms with Gasteiger partial charge in [0, 0.05) is 25.7 Å². The van der Waals surface area contributed by atoms with Gasteiger partial charge in [-0.25, -0.2) is 0 Å². The van der Waals surface area contributed by atoms with E-state index in [4.69, 9.17) is 0 Å². The first-order valence-corrected chi connectivity index (χ1v) is 9.90. The number of hydrogen-bond donors (Lipinski definition) is 2. The van der Waals surface area contributed by atoms with E-state index < -0.39 is 0 Å². The maximum Gasteiger partial charge on any atom is 0.234 e. The number of carbonyl (C=O) groups excluding carboxylic acids is 2. The molecule has 5 nitrogen and oxygen atoms in total. The number of benzene rings is 1. The molecule has 3 rings (SSSR count). The van der Waals surface area contributed by atoms with Gasteiger partial charge >= 0.3 is 0 Å². The quantitative estimate of drug-likeness (QED) is 0.786. The average Bonchev–Trinajstić information content (AvgIpc) is 3.44. The van der Waals surface area contributed by atoms with Crippen molar-refractivity contribution in [3.8, 4) is 0 Å². The second-order valence-corrected chi connectivity index (χ2v) is 7.83. The molecule has 1 saturated heterocycles. The Morgan fingerprint density at radius 3 is 2.58 bits per heavy atom. The largest absolute Gasteiger partial charge is 0.355 e. The van der Waals surface area contributed by atoms with Gasteiger partial charge in [-0.15, -0.1) is 0 Å². The minimum absolute atomic E-state index is 0.103. The van der Waals surface area contributed by atoms with Crippen molar-refractivity contribution >= 4 is 11.8 Å². The highest BCUT2D eigenvalue weighted by atomic mass is 16.2. The second kappa shape index (κ2) is 8.21. The highest BCUT2D eigenvalue weighted by molar-refractivity contribution is 5.91. The van der Waals surface area contributed by atoms with E-state index in [9.17, 15) is 9.59 Å². The van der Waals surface area contributed by atoms with Gasteiger partial charge in [0.25, 0.3) is 0 Å². The van der Waals surface area contributed by atoms with Crippen molar-refractivity contribution in [1.82, 2.24) is 15.5 Å². The molecular weight excluding hydrogens is 326 g/mol. The molecule has 0 bridgehead atoms. The summed E-state index contributed by atoms with van der Waals surface area (Å²) in [7, 11) is 0. The number of piperidine rings is 1. The smallest absolute Gasteiger partial charge is 0.234 e. The van der Waals surface area contributed by atoms with Crippen LogP contribution in [0.15, 0.2) is 24.3 Å². The van der Waals surface area contributed by atoms with Gasteiger partial charge in [-0.05, 0) is 44.6 Å². The topological polar surface area (TPSA) is 61.4 Å². The maximum absolute atomic E-state index is 12.9. The molecule has 0 spiro atoms. The standard InChI is InChI=1S/C21H31N3O2/c1-3-11-22-19(25)15-24-12-7-18(8-13-24)23-20(26)21(9-10-21)17-6-4-5-16(2)14-17/h4-6,14,18H,3,7-13,15H2,1-2H3,(H,22,25)(H,23,26). The predicted octanol–water partition coefficient (Wildman–Crippen LogP) is 2.13. The fourth-order valence-electron chi connectivity index (χ4n) is 3.80. The average molecular weight is 357 g/mol. The fraction of sp³-hybridized carbons (Fsp3) is 0.619. The Labute approximate surface area is 156 Å². The van der Waals surface area contributed by atoms with Crippen molar-refractivity contribution in [2.75, 3.05) is 26.2 Å². The Morgan fingerprint density at radius 2 is 1.96 bits per heavy atom. The summed E-state index contributed by atoms with van der Waals surface area (Å²) in [6, 6.07) is 8.56. The third-order valence-corrected chi connectivity index (χ3v) is 5.62. The molecule has 2 amide bonds. The van der Waals surface area contributed by atoms with Crippen molar-refractivity contribution < 1.29 is 9.59 Å². The van der Waals surface area contributed by atoms with E-state index in [1.54, 1.807) is 0 Å². The molecule has 1 aromatic carbocycles. The molecule has 1 saturated carbocycles. The molecule has 1 heterocycles. The maximum atomic E-state index is 12.9. The predicted molar refractivity (Wildman–Crippen MR) is 103 cm³/mol. The summed E-state index contributed by atoms with van der Waals surface area (Å²) in [4.78, 5) is 26.9. The van der Waals surface area contributed by atoms with Crippen LogP contribution in [0.4, 0.5) is 0 Å². The number of likely N-dealkylation sites (tertiary alicyclic amines) is 1. The number of carbonyl (C=O) groups is 2. The van der Waals surface area contributed by atoms with E-state index in [0.717, 1.165) is 57.3 Å². The molecule has 0 atom stereocenters. The highest BCUT2D eigenvalue weighted by Crippen LogP contribution is 2.48. The number of aryl methyl sites for hydroxylation is 1. The highest BCUT2D eigenvalue weighted by Gasteiger charge is 2.51. The van der Waals surface area contributed by atoms with Crippen LogP contribution in [0.3, 0.4) is 0 Å². The summed E-state index contributed by atoms with van der Waals surface area (Å²) in [5, 5.41) is 6.21. The number of nitrogens with zero attached hydrogens (tertiary/aromatic N) is 1. The molecule has 26 heavy (non-hydrogen) atoms. The molecule has 2 aliphatic rings. The van der Waals surface area contributed by atoms with Crippen LogP contribution in [0.1, 0.15) is 50.2 Å². The number of hydrogen-bond acceptors (Lipinski definition) is 3. The Balaban J connectivity index is 1.47. The van der Waals surface area contributed by atoms with Gasteiger partial charge in [0.15, 0.2) is 0 Å². The van der Waals surface area contributed by atoms with Crippen molar-refractivity contribution in [3.63, 3.8) is 0 Å². The van der Waals surface area contributed by atoms with Gasteiger partial charge in [-0.1, -0.05) is 36.8 Å². The van der Waals surface area contributed by atoms with E-state index >= 15 is 0 Å². The van der Waals surface area contributed by atoms with E-state index in [0.29, 0.717) is 6.54 Å². The first-order chi connectivity index (χ1) is 12.5. The summed E-state index contributed by atoms with van der Waals surface area (Å²) < 4.78 is 0. The second-order valence-electron chi connectivity index (χ2n) is 7.83. The van der Waals surface area contributed by atoms with E-state index in [1.807, 2.05) is 6.07 Å². The van der Waals surface area contributed by atoms with E-state index in [-0.39, 0.29) is 23.3 Å². The molecule has 1 aliphatic heterocycles. The first kappa shape index (κ1) is 18.9. The third-order valence-electron chi connectivity index (χ3n) is 5.62. The summed E-state index contributed by atoms with van der Waals surface area (Å²) in [6.07, 6.45) is 4.67. The summed E-state index contributed by atoms with van der Waals surface area (Å²) in [5.74, 6) is 0.285. The minimum atomic E-state index is -0.302. The lowest BCUT2D eigenvalue weighted by Crippen LogP contribution is -2.49. The Bertz CT molecular complexity index is 646. The third kappa shape index (κ3) is 4.44. The molecule has 2 fully saturated rings. The molecular formula is C21H31N3O2. The molecule has 1 aromatic rings. The summed E-state index contributed by atoms with van der Waals surface area (Å²) >= 11 is 0. The minimum Gasteiger partial charge on any atom is -0.355 e. The van der Waals surface area contributed by atoms with E-state index in [2.05, 4.69) is 47.6 Å².